The third-order valence-corrected chi connectivity index (χ3v) is 4.31. The second kappa shape index (κ2) is 5.66. The van der Waals surface area contributed by atoms with Crippen LogP contribution in [0.5, 0.6) is 0 Å². The van der Waals surface area contributed by atoms with Crippen LogP contribution in [-0.2, 0) is 19.6 Å². The van der Waals surface area contributed by atoms with Crippen molar-refractivity contribution in [2.45, 2.75) is 17.7 Å². The number of ether oxygens (including phenoxy) is 1. The van der Waals surface area contributed by atoms with Crippen LogP contribution in [0.15, 0.2) is 29.2 Å². The third-order valence-electron chi connectivity index (χ3n) is 2.95. The third kappa shape index (κ3) is 3.51. The van der Waals surface area contributed by atoms with E-state index in [4.69, 9.17) is 4.74 Å². The second-order valence-electron chi connectivity index (χ2n) is 4.31. The number of hydrogen-bond donors (Lipinski definition) is 1. The van der Waals surface area contributed by atoms with E-state index in [0.717, 1.165) is 24.3 Å². The van der Waals surface area contributed by atoms with Crippen molar-refractivity contribution in [3.05, 3.63) is 30.1 Å². The zero-order valence-corrected chi connectivity index (χ0v) is 11.0. The molecule has 0 spiro atoms. The second-order valence-corrected chi connectivity index (χ2v) is 5.99. The van der Waals surface area contributed by atoms with E-state index in [0.29, 0.717) is 26.1 Å². The molecule has 19 heavy (non-hydrogen) atoms. The van der Waals surface area contributed by atoms with Gasteiger partial charge in [0.25, 0.3) is 10.0 Å². The molecule has 7 heteroatoms. The Bertz CT molecular complexity index is 550. The van der Waals surface area contributed by atoms with Gasteiger partial charge < -0.3 is 4.74 Å². The molecule has 1 fully saturated rings. The van der Waals surface area contributed by atoms with E-state index in [9.17, 15) is 17.6 Å². The molecule has 0 atom stereocenters. The maximum absolute atomic E-state index is 12.7. The lowest BCUT2D eigenvalue weighted by molar-refractivity contribution is -0.125. The van der Waals surface area contributed by atoms with Gasteiger partial charge in [-0.2, -0.15) is 0 Å². The molecule has 0 saturated carbocycles. The Hall–Kier alpha value is -1.47. The van der Waals surface area contributed by atoms with Crippen LogP contribution in [0.2, 0.25) is 0 Å². The van der Waals surface area contributed by atoms with E-state index in [1.807, 2.05) is 4.72 Å². The lowest BCUT2D eigenvalue weighted by Crippen LogP contribution is -2.38. The number of halogens is 1. The lowest BCUT2D eigenvalue weighted by Gasteiger charge is -2.21. The molecule has 5 nitrogen and oxygen atoms in total. The minimum Gasteiger partial charge on any atom is -0.381 e. The number of hydrogen-bond acceptors (Lipinski definition) is 4. The van der Waals surface area contributed by atoms with Crippen molar-refractivity contribution in [1.82, 2.24) is 4.72 Å². The summed E-state index contributed by atoms with van der Waals surface area (Å²) in [5.41, 5.74) is 0. The van der Waals surface area contributed by atoms with E-state index < -0.39 is 21.7 Å². The first-order valence-electron chi connectivity index (χ1n) is 5.89. The average Bonchev–Trinajstić information content (AvgIpc) is 2.40. The Kier molecular flexibility index (Phi) is 4.16. The number of carbonyl (C=O) groups excluding carboxylic acids is 1. The topological polar surface area (TPSA) is 72.5 Å². The van der Waals surface area contributed by atoms with Crippen molar-refractivity contribution >= 4 is 15.9 Å². The molecule has 2 rings (SSSR count). The quantitative estimate of drug-likeness (QED) is 0.902. The monoisotopic (exact) mass is 287 g/mol. The molecule has 1 heterocycles. The van der Waals surface area contributed by atoms with Gasteiger partial charge in [0.15, 0.2) is 0 Å². The predicted octanol–water partition coefficient (Wildman–Crippen LogP) is 1.06. The largest absolute Gasteiger partial charge is 0.381 e. The molecule has 0 bridgehead atoms. The van der Waals surface area contributed by atoms with Crippen LogP contribution in [-0.4, -0.2) is 27.5 Å². The van der Waals surface area contributed by atoms with E-state index in [1.54, 1.807) is 0 Å². The molecule has 1 aromatic rings. The first-order chi connectivity index (χ1) is 8.99. The standard InChI is InChI=1S/C12H14FNO4S/c13-10-1-3-11(4-2-10)19(16,17)14-12(15)9-5-7-18-8-6-9/h1-4,9H,5-8H2,(H,14,15). The van der Waals surface area contributed by atoms with Crippen LogP contribution in [0.1, 0.15) is 12.8 Å². The van der Waals surface area contributed by atoms with Gasteiger partial charge in [-0.1, -0.05) is 0 Å². The van der Waals surface area contributed by atoms with Gasteiger partial charge in [0, 0.05) is 19.1 Å². The van der Waals surface area contributed by atoms with E-state index in [1.165, 1.54) is 0 Å². The fourth-order valence-corrected chi connectivity index (χ4v) is 2.89. The fourth-order valence-electron chi connectivity index (χ4n) is 1.85. The van der Waals surface area contributed by atoms with Gasteiger partial charge in [-0.15, -0.1) is 0 Å². The zero-order chi connectivity index (χ0) is 13.9. The van der Waals surface area contributed by atoms with Gasteiger partial charge in [-0.05, 0) is 37.1 Å². The van der Waals surface area contributed by atoms with Crippen molar-refractivity contribution in [3.63, 3.8) is 0 Å². The van der Waals surface area contributed by atoms with Crippen molar-refractivity contribution in [3.8, 4) is 0 Å². The summed E-state index contributed by atoms with van der Waals surface area (Å²) in [7, 11) is -3.93. The number of nitrogens with one attached hydrogen (secondary N) is 1. The van der Waals surface area contributed by atoms with Crippen LogP contribution in [0, 0.1) is 11.7 Å². The minimum atomic E-state index is -3.93. The highest BCUT2D eigenvalue weighted by Crippen LogP contribution is 2.16. The molecule has 1 amide bonds. The lowest BCUT2D eigenvalue weighted by atomic mass is 10.0. The summed E-state index contributed by atoms with van der Waals surface area (Å²) >= 11 is 0. The molecule has 0 unspecified atom stereocenters. The molecule has 1 aliphatic heterocycles. The highest BCUT2D eigenvalue weighted by Gasteiger charge is 2.26. The molecule has 0 aliphatic carbocycles. The summed E-state index contributed by atoms with van der Waals surface area (Å²) in [6.07, 6.45) is 1.01. The van der Waals surface area contributed by atoms with Gasteiger partial charge in [-0.3, -0.25) is 4.79 Å². The Labute approximate surface area is 110 Å². The van der Waals surface area contributed by atoms with Crippen LogP contribution < -0.4 is 4.72 Å². The molecule has 0 radical (unpaired) electrons. The normalized spacial score (nSPS) is 17.1. The van der Waals surface area contributed by atoms with E-state index >= 15 is 0 Å². The van der Waals surface area contributed by atoms with E-state index in [-0.39, 0.29) is 10.8 Å². The Morgan fingerprint density at radius 3 is 2.37 bits per heavy atom. The SMILES string of the molecule is O=C(NS(=O)(=O)c1ccc(F)cc1)C1CCOCC1. The van der Waals surface area contributed by atoms with Crippen molar-refractivity contribution in [2.24, 2.45) is 5.92 Å². The molecule has 0 aromatic heterocycles. The van der Waals surface area contributed by atoms with Crippen molar-refractivity contribution in [2.75, 3.05) is 13.2 Å². The van der Waals surface area contributed by atoms with Crippen LogP contribution in [0.25, 0.3) is 0 Å². The number of amides is 1. The number of benzene rings is 1. The maximum atomic E-state index is 12.7. The molecular weight excluding hydrogens is 273 g/mol. The minimum absolute atomic E-state index is 0.130. The van der Waals surface area contributed by atoms with Gasteiger partial charge in [0.2, 0.25) is 5.91 Å². The predicted molar refractivity (Wildman–Crippen MR) is 65.3 cm³/mol. The molecule has 104 valence electrons. The van der Waals surface area contributed by atoms with Crippen molar-refractivity contribution < 1.29 is 22.3 Å². The first kappa shape index (κ1) is 14.0. The fraction of sp³-hybridized carbons (Fsp3) is 0.417. The first-order valence-corrected chi connectivity index (χ1v) is 7.37. The highest BCUT2D eigenvalue weighted by molar-refractivity contribution is 7.90. The highest BCUT2D eigenvalue weighted by atomic mass is 32.2. The summed E-state index contributed by atoms with van der Waals surface area (Å²) < 4.78 is 43.7. The Morgan fingerprint density at radius 2 is 1.79 bits per heavy atom. The van der Waals surface area contributed by atoms with Gasteiger partial charge in [0.05, 0.1) is 4.90 Å². The van der Waals surface area contributed by atoms with Crippen LogP contribution in [0.3, 0.4) is 0 Å². The summed E-state index contributed by atoms with van der Waals surface area (Å²) in [5.74, 6) is -1.42. The molecular formula is C12H14FNO4S. The van der Waals surface area contributed by atoms with E-state index in [2.05, 4.69) is 0 Å². The Morgan fingerprint density at radius 1 is 1.21 bits per heavy atom. The zero-order valence-electron chi connectivity index (χ0n) is 10.1. The number of rotatable bonds is 3. The van der Waals surface area contributed by atoms with Crippen LogP contribution in [0.4, 0.5) is 4.39 Å². The van der Waals surface area contributed by atoms with Gasteiger partial charge >= 0.3 is 0 Å². The average molecular weight is 287 g/mol. The maximum Gasteiger partial charge on any atom is 0.264 e. The summed E-state index contributed by atoms with van der Waals surface area (Å²) in [4.78, 5) is 11.7. The molecule has 1 aliphatic rings. The van der Waals surface area contributed by atoms with Gasteiger partial charge in [-0.25, -0.2) is 17.5 Å². The summed E-state index contributed by atoms with van der Waals surface area (Å²) in [6.45, 7) is 0.906. The summed E-state index contributed by atoms with van der Waals surface area (Å²) in [5, 5.41) is 0. The number of sulfonamides is 1. The summed E-state index contributed by atoms with van der Waals surface area (Å²) in [6, 6.07) is 4.31. The number of carbonyl (C=O) groups is 1. The van der Waals surface area contributed by atoms with Crippen LogP contribution >= 0.6 is 0 Å². The Balaban J connectivity index is 2.08. The van der Waals surface area contributed by atoms with Gasteiger partial charge in [0.1, 0.15) is 5.82 Å². The molecule has 1 aromatic carbocycles. The molecule has 1 N–H and O–H groups in total. The molecule has 1 saturated heterocycles. The smallest absolute Gasteiger partial charge is 0.264 e. The van der Waals surface area contributed by atoms with Crippen molar-refractivity contribution in [1.29, 1.82) is 0 Å².